The molecule has 3 saturated carbocycles. The Hall–Kier alpha value is -2.92. The molecule has 79 heavy (non-hydrogen) atoms. The summed E-state index contributed by atoms with van der Waals surface area (Å²) in [7, 11) is 4.49. The molecule has 8 aliphatic rings. The van der Waals surface area contributed by atoms with Gasteiger partial charge in [-0.25, -0.2) is 4.79 Å². The topological polar surface area (TPSA) is 307 Å². The van der Waals surface area contributed by atoms with Crippen LogP contribution >= 0.6 is 0 Å². The van der Waals surface area contributed by atoms with E-state index in [0.717, 1.165) is 11.1 Å². The summed E-state index contributed by atoms with van der Waals surface area (Å²) >= 11 is 0. The van der Waals surface area contributed by atoms with E-state index in [1.165, 1.54) is 27.2 Å². The van der Waals surface area contributed by atoms with Crippen LogP contribution in [0, 0.1) is 16.7 Å². The maximum atomic E-state index is 13.6. The molecule has 4 saturated heterocycles. The number of aliphatic hydroxyl groups is 8. The molecule has 1 aromatic carbocycles. The number of hydrogen-bond donors (Lipinski definition) is 8. The van der Waals surface area contributed by atoms with Gasteiger partial charge in [-0.1, -0.05) is 48.9 Å². The number of rotatable bonds is 16. The number of hydrogen-bond acceptors (Lipinski definition) is 22. The van der Waals surface area contributed by atoms with E-state index in [0.29, 0.717) is 25.7 Å². The van der Waals surface area contributed by atoms with Crippen LogP contribution in [0.5, 0.6) is 0 Å². The Morgan fingerprint density at radius 1 is 0.696 bits per heavy atom. The molecular formula is C57H84O22. The third-order valence-corrected chi connectivity index (χ3v) is 19.6. The van der Waals surface area contributed by atoms with Crippen LogP contribution < -0.4 is 0 Å². The number of ether oxygens (including phenoxy) is 12. The molecule has 444 valence electrons. The largest absolute Gasteiger partial charge is 0.458 e. The number of esters is 1. The molecule has 8 N–H and O–H groups in total. The van der Waals surface area contributed by atoms with Crippen LogP contribution in [0.15, 0.2) is 48.1 Å². The summed E-state index contributed by atoms with van der Waals surface area (Å²) in [6, 6.07) is 9.24. The molecule has 26 atom stereocenters. The molecule has 4 aliphatic heterocycles. The van der Waals surface area contributed by atoms with Crippen LogP contribution in [-0.2, 0) is 66.4 Å². The van der Waals surface area contributed by atoms with Gasteiger partial charge < -0.3 is 97.7 Å². The van der Waals surface area contributed by atoms with Crippen LogP contribution in [0.3, 0.4) is 0 Å². The van der Waals surface area contributed by atoms with Crippen molar-refractivity contribution < 1.29 is 107 Å². The van der Waals surface area contributed by atoms with E-state index < -0.39 is 169 Å². The van der Waals surface area contributed by atoms with Crippen LogP contribution in [0.1, 0.15) is 105 Å². The van der Waals surface area contributed by atoms with Crippen molar-refractivity contribution in [3.05, 3.63) is 53.6 Å². The normalized spacial score (nSPS) is 49.1. The minimum absolute atomic E-state index is 0.0567. The van der Waals surface area contributed by atoms with Crippen molar-refractivity contribution in [3.63, 3.8) is 0 Å². The average molecular weight is 1120 g/mol. The van der Waals surface area contributed by atoms with E-state index in [1.807, 2.05) is 43.3 Å². The summed E-state index contributed by atoms with van der Waals surface area (Å²) < 4.78 is 74.1. The van der Waals surface area contributed by atoms with Crippen molar-refractivity contribution in [2.24, 2.45) is 16.7 Å². The number of aliphatic hydroxyl groups excluding tert-OH is 5. The van der Waals surface area contributed by atoms with Gasteiger partial charge in [0.05, 0.1) is 48.6 Å². The number of ketones is 1. The van der Waals surface area contributed by atoms with Gasteiger partial charge in [-0.2, -0.15) is 0 Å². The Morgan fingerprint density at radius 2 is 1.30 bits per heavy atom. The van der Waals surface area contributed by atoms with E-state index in [-0.39, 0.29) is 38.2 Å². The van der Waals surface area contributed by atoms with Gasteiger partial charge in [0.25, 0.3) is 0 Å². The first-order chi connectivity index (χ1) is 37.4. The molecule has 0 amide bonds. The van der Waals surface area contributed by atoms with E-state index >= 15 is 0 Å². The highest BCUT2D eigenvalue weighted by Gasteiger charge is 2.81. The van der Waals surface area contributed by atoms with Gasteiger partial charge in [-0.15, -0.1) is 0 Å². The van der Waals surface area contributed by atoms with E-state index in [9.17, 15) is 50.4 Å². The zero-order chi connectivity index (χ0) is 57.1. The van der Waals surface area contributed by atoms with Crippen molar-refractivity contribution in [2.75, 3.05) is 27.9 Å². The van der Waals surface area contributed by atoms with Crippen molar-refractivity contribution >= 4 is 17.8 Å². The van der Waals surface area contributed by atoms with E-state index in [4.69, 9.17) is 56.8 Å². The lowest BCUT2D eigenvalue weighted by Gasteiger charge is -2.67. The third-order valence-electron chi connectivity index (χ3n) is 19.6. The van der Waals surface area contributed by atoms with Crippen LogP contribution in [0.2, 0.25) is 0 Å². The van der Waals surface area contributed by atoms with Crippen molar-refractivity contribution in [3.8, 4) is 0 Å². The second-order valence-electron chi connectivity index (χ2n) is 23.7. The zero-order valence-electron chi connectivity index (χ0n) is 46.6. The molecular weight excluding hydrogens is 1040 g/mol. The van der Waals surface area contributed by atoms with Crippen molar-refractivity contribution in [2.45, 2.75) is 239 Å². The van der Waals surface area contributed by atoms with Gasteiger partial charge in [0.15, 0.2) is 30.9 Å². The summed E-state index contributed by atoms with van der Waals surface area (Å²) in [5.74, 6) is -1.87. The van der Waals surface area contributed by atoms with Gasteiger partial charge in [-0.3, -0.25) is 4.79 Å². The lowest BCUT2D eigenvalue weighted by atomic mass is 9.42. The zero-order valence-corrected chi connectivity index (χ0v) is 46.6. The van der Waals surface area contributed by atoms with Gasteiger partial charge >= 0.3 is 5.97 Å². The predicted octanol–water partition coefficient (Wildman–Crippen LogP) is 1.50. The van der Waals surface area contributed by atoms with Gasteiger partial charge in [0.1, 0.15) is 77.8 Å². The molecule has 1 aromatic rings. The van der Waals surface area contributed by atoms with Crippen LogP contribution in [-0.4, -0.2) is 220 Å². The molecule has 4 aliphatic carbocycles. The first-order valence-corrected chi connectivity index (χ1v) is 27.9. The highest BCUT2D eigenvalue weighted by molar-refractivity contribution is 5.88. The Bertz CT molecular complexity index is 2340. The minimum Gasteiger partial charge on any atom is -0.458 e. The smallest absolute Gasteiger partial charge is 0.331 e. The third kappa shape index (κ3) is 10.6. The summed E-state index contributed by atoms with van der Waals surface area (Å²) in [6.45, 7) is 9.58. The maximum absolute atomic E-state index is 13.6. The minimum atomic E-state index is -2.07. The highest BCUT2D eigenvalue weighted by Crippen LogP contribution is 2.71. The molecule has 0 bridgehead atoms. The van der Waals surface area contributed by atoms with Crippen LogP contribution in [0.4, 0.5) is 0 Å². The fraction of sp³-hybridized carbons (Fsp3) is 0.789. The number of benzene rings is 1. The monoisotopic (exact) mass is 1120 g/mol. The number of fused-ring (bicyclic) bond motifs is 5. The standard InChI is InChI=1S/C57H84O22/c1-28-47(77-42-25-36(69-8)48(29(2)72-42)78-52-46(64)50(70-9)49(30(3)73-52)79-51-45(63)44(62)43(61)37(27-58)75-51)35(68-7)24-41(71-28)74-34-18-19-53(5)33(23-34)17-20-56(66)38(53)26-39(76-40(60)16-15-32-13-11-10-12-14-32)54(6)55(65,31(4)59)21-22-57(54,56)67/h10-17,28-30,34-39,41-52,58,61-67H,18-27H2,1-9H3/b16-15+/t28-,29-,30-,34+,35+,36-,37-,38-,39-,41+,42+,43-,44+,45-,46-,47-,48-,49-,50-,51+,52+,53+,54-,55-,56+,57-/m1/s1. The van der Waals surface area contributed by atoms with E-state index in [2.05, 4.69) is 6.92 Å². The number of carbonyl (C=O) groups excluding carboxylic acids is 2. The molecule has 0 radical (unpaired) electrons. The summed E-state index contributed by atoms with van der Waals surface area (Å²) in [5.41, 5.74) is -6.42. The first-order valence-electron chi connectivity index (χ1n) is 27.9. The first kappa shape index (κ1) is 60.7. The molecule has 0 aromatic heterocycles. The van der Waals surface area contributed by atoms with Gasteiger partial charge in [-0.05, 0) is 96.6 Å². The fourth-order valence-electron chi connectivity index (χ4n) is 14.8. The molecule has 22 nitrogen and oxygen atoms in total. The molecule has 4 heterocycles. The molecule has 9 rings (SSSR count). The summed E-state index contributed by atoms with van der Waals surface area (Å²) in [6.07, 6.45) is -12.7. The fourth-order valence-corrected chi connectivity index (χ4v) is 14.8. The average Bonchev–Trinajstić information content (AvgIpc) is 3.24. The lowest BCUT2D eigenvalue weighted by Crippen LogP contribution is -2.78. The molecule has 0 unspecified atom stereocenters. The van der Waals surface area contributed by atoms with Crippen molar-refractivity contribution in [1.29, 1.82) is 0 Å². The Morgan fingerprint density at radius 3 is 1.92 bits per heavy atom. The summed E-state index contributed by atoms with van der Waals surface area (Å²) in [4.78, 5) is 27.0. The van der Waals surface area contributed by atoms with Crippen LogP contribution in [0.25, 0.3) is 6.08 Å². The Kier molecular flexibility index (Phi) is 18.1. The van der Waals surface area contributed by atoms with Crippen molar-refractivity contribution in [1.82, 2.24) is 0 Å². The maximum Gasteiger partial charge on any atom is 0.331 e. The summed E-state index contributed by atoms with van der Waals surface area (Å²) in [5, 5.41) is 90.5. The predicted molar refractivity (Wildman–Crippen MR) is 275 cm³/mol. The molecule has 22 heteroatoms. The quantitative estimate of drug-likeness (QED) is 0.0661. The highest BCUT2D eigenvalue weighted by atomic mass is 16.8. The molecule has 7 fully saturated rings. The number of Topliss-reactive ketones (excluding diaryl/α,β-unsaturated/α-hetero) is 1. The Balaban J connectivity index is 0.816. The second kappa shape index (κ2) is 23.6. The molecule has 0 spiro atoms. The SMILES string of the molecule is CO[C@@H]1[C@@H](O)[C@H](O[C@@H]2[C@@H](C)O[C@@H](O[C@H]3[C@@H](OC)C[C@H](O[C@H]4CC[C@@]5(C)C(=CC[C@]6(O)[C@@H]5C[C@@H](OC(=O)/C=C/c5ccccc5)[C@@]5(C)[C@]6(O)CC[C@@]5(O)C(C)=O)C4)O[C@@H]3C)C[C@H]2OC)O[C@H](C)[C@H]1O[C@@H]1O[C@H](CO)[C@@H](O)[C@H](O)[C@H]1O. The van der Waals surface area contributed by atoms with Gasteiger partial charge in [0.2, 0.25) is 0 Å². The lowest BCUT2D eigenvalue weighted by molar-refractivity contribution is -0.373. The Labute approximate surface area is 461 Å². The number of carbonyl (C=O) groups is 2. The number of methoxy groups -OCH3 is 3. The second-order valence-corrected chi connectivity index (χ2v) is 23.7. The van der Waals surface area contributed by atoms with E-state index in [1.54, 1.807) is 34.0 Å². The van der Waals surface area contributed by atoms with Gasteiger partial charge in [0, 0.05) is 46.2 Å².